The van der Waals surface area contributed by atoms with Crippen LogP contribution >= 0.6 is 12.4 Å². The van der Waals surface area contributed by atoms with Crippen LogP contribution in [0.4, 0.5) is 0 Å². The molecule has 0 radical (unpaired) electrons. The summed E-state index contributed by atoms with van der Waals surface area (Å²) in [6, 6.07) is 7.85. The van der Waals surface area contributed by atoms with Gasteiger partial charge in [0.1, 0.15) is 5.75 Å². The number of nitrogens with one attached hydrogen (secondary N) is 3. The number of carbonyl (C=O) groups excluding carboxylic acids is 2. The molecule has 1 aromatic rings. The maximum absolute atomic E-state index is 12.1. The summed E-state index contributed by atoms with van der Waals surface area (Å²) >= 11 is 0. The Morgan fingerprint density at radius 1 is 1.19 bits per heavy atom. The maximum Gasteiger partial charge on any atom is 0.258 e. The molecule has 2 fully saturated rings. The lowest BCUT2D eigenvalue weighted by molar-refractivity contribution is -0.123. The molecule has 2 aliphatic rings. The molecule has 150 valence electrons. The molecule has 0 spiro atoms. The normalized spacial score (nSPS) is 19.7. The molecule has 3 N–H and O–H groups in total. The van der Waals surface area contributed by atoms with Crippen molar-refractivity contribution in [2.45, 2.75) is 51.1 Å². The van der Waals surface area contributed by atoms with Gasteiger partial charge in [-0.25, -0.2) is 0 Å². The lowest BCUT2D eigenvalue weighted by Gasteiger charge is -2.16. The van der Waals surface area contributed by atoms with Gasteiger partial charge in [0.15, 0.2) is 6.61 Å². The van der Waals surface area contributed by atoms with Crippen LogP contribution in [0.25, 0.3) is 0 Å². The third-order valence-corrected chi connectivity index (χ3v) is 5.01. The summed E-state index contributed by atoms with van der Waals surface area (Å²) in [6.45, 7) is 4.12. The van der Waals surface area contributed by atoms with E-state index in [-0.39, 0.29) is 36.9 Å². The van der Waals surface area contributed by atoms with Crippen LogP contribution in [0.3, 0.4) is 0 Å². The van der Waals surface area contributed by atoms with Crippen molar-refractivity contribution < 1.29 is 14.3 Å². The van der Waals surface area contributed by atoms with Gasteiger partial charge in [0.25, 0.3) is 5.91 Å². The fourth-order valence-electron chi connectivity index (χ4n) is 3.19. The average molecular weight is 396 g/mol. The molecule has 7 heteroatoms. The minimum atomic E-state index is -0.0744. The third-order valence-electron chi connectivity index (χ3n) is 5.01. The van der Waals surface area contributed by atoms with E-state index in [0.717, 1.165) is 37.9 Å². The molecule has 0 bridgehead atoms. The molecule has 1 heterocycles. The van der Waals surface area contributed by atoms with E-state index in [1.54, 1.807) is 0 Å². The highest BCUT2D eigenvalue weighted by Crippen LogP contribution is 2.20. The molecule has 27 heavy (non-hydrogen) atoms. The summed E-state index contributed by atoms with van der Waals surface area (Å²) in [5.41, 5.74) is 1.02. The third kappa shape index (κ3) is 7.39. The van der Waals surface area contributed by atoms with Gasteiger partial charge >= 0.3 is 0 Å². The fraction of sp³-hybridized carbons (Fsp3) is 0.600. The Hall–Kier alpha value is -1.79. The van der Waals surface area contributed by atoms with Crippen LogP contribution in [0.15, 0.2) is 24.3 Å². The standard InChI is InChI=1S/C20H29N3O3.ClH/c1-14(22-19(24)9-2-15-10-11-21-12-15)16-3-7-18(8-4-16)26-13-20(25)23-17-5-6-17;/h3-4,7-8,14-15,17,21H,2,5-6,9-13H2,1H3,(H,22,24)(H,23,25);1H. The monoisotopic (exact) mass is 395 g/mol. The Bertz CT molecular complexity index is 613. The summed E-state index contributed by atoms with van der Waals surface area (Å²) in [4.78, 5) is 23.8. The first-order chi connectivity index (χ1) is 12.6. The summed E-state index contributed by atoms with van der Waals surface area (Å²) in [5.74, 6) is 1.31. The summed E-state index contributed by atoms with van der Waals surface area (Å²) in [5, 5.41) is 9.27. The van der Waals surface area contributed by atoms with Crippen molar-refractivity contribution in [3.8, 4) is 5.75 Å². The second kappa shape index (κ2) is 10.5. The molecular formula is C20H30ClN3O3. The van der Waals surface area contributed by atoms with E-state index in [1.807, 2.05) is 31.2 Å². The Labute approximate surface area is 167 Å². The zero-order valence-corrected chi connectivity index (χ0v) is 16.6. The molecule has 2 atom stereocenters. The van der Waals surface area contributed by atoms with E-state index in [2.05, 4.69) is 16.0 Å². The van der Waals surface area contributed by atoms with E-state index >= 15 is 0 Å². The summed E-state index contributed by atoms with van der Waals surface area (Å²) in [6.07, 6.45) is 4.83. The van der Waals surface area contributed by atoms with Crippen molar-refractivity contribution >= 4 is 24.2 Å². The van der Waals surface area contributed by atoms with Crippen LogP contribution < -0.4 is 20.7 Å². The zero-order chi connectivity index (χ0) is 18.4. The van der Waals surface area contributed by atoms with E-state index in [0.29, 0.717) is 24.1 Å². The van der Waals surface area contributed by atoms with Crippen molar-refractivity contribution in [2.24, 2.45) is 5.92 Å². The van der Waals surface area contributed by atoms with Gasteiger partial charge in [0.05, 0.1) is 6.04 Å². The van der Waals surface area contributed by atoms with E-state index in [9.17, 15) is 9.59 Å². The number of rotatable bonds is 9. The Morgan fingerprint density at radius 3 is 2.56 bits per heavy atom. The van der Waals surface area contributed by atoms with Gasteiger partial charge in [-0.3, -0.25) is 9.59 Å². The van der Waals surface area contributed by atoms with Crippen molar-refractivity contribution in [1.82, 2.24) is 16.0 Å². The van der Waals surface area contributed by atoms with Gasteiger partial charge in [-0.1, -0.05) is 12.1 Å². The van der Waals surface area contributed by atoms with Crippen LogP contribution in [0.2, 0.25) is 0 Å². The molecule has 6 nitrogen and oxygen atoms in total. The lowest BCUT2D eigenvalue weighted by atomic mass is 10.0. The maximum atomic E-state index is 12.1. The number of halogens is 1. The van der Waals surface area contributed by atoms with Crippen molar-refractivity contribution in [3.63, 3.8) is 0 Å². The second-order valence-electron chi connectivity index (χ2n) is 7.39. The van der Waals surface area contributed by atoms with Crippen LogP contribution in [0, 0.1) is 5.92 Å². The predicted octanol–water partition coefficient (Wildman–Crippen LogP) is 2.33. The Kier molecular flexibility index (Phi) is 8.38. The molecule has 0 aromatic heterocycles. The summed E-state index contributed by atoms with van der Waals surface area (Å²) in [7, 11) is 0. The van der Waals surface area contributed by atoms with Crippen molar-refractivity contribution in [2.75, 3.05) is 19.7 Å². The lowest BCUT2D eigenvalue weighted by Crippen LogP contribution is -2.30. The number of hydrogen-bond donors (Lipinski definition) is 3. The van der Waals surface area contributed by atoms with Crippen LogP contribution in [0.1, 0.15) is 50.6 Å². The quantitative estimate of drug-likeness (QED) is 0.599. The molecule has 1 saturated heterocycles. The largest absolute Gasteiger partial charge is 0.484 e. The van der Waals surface area contributed by atoms with Crippen LogP contribution in [-0.4, -0.2) is 37.6 Å². The smallest absolute Gasteiger partial charge is 0.258 e. The summed E-state index contributed by atoms with van der Waals surface area (Å²) < 4.78 is 5.50. The van der Waals surface area contributed by atoms with Crippen LogP contribution in [0.5, 0.6) is 5.75 Å². The molecule has 3 rings (SSSR count). The number of benzene rings is 1. The van der Waals surface area contributed by atoms with Gasteiger partial charge in [-0.05, 0) is 69.3 Å². The molecule has 1 aliphatic heterocycles. The van der Waals surface area contributed by atoms with E-state index in [4.69, 9.17) is 4.74 Å². The first kappa shape index (κ1) is 21.5. The molecule has 1 saturated carbocycles. The van der Waals surface area contributed by atoms with Gasteiger partial charge in [-0.15, -0.1) is 12.4 Å². The Balaban J connectivity index is 0.00000261. The number of ether oxygens (including phenoxy) is 1. The number of carbonyl (C=O) groups is 2. The first-order valence-electron chi connectivity index (χ1n) is 9.62. The van der Waals surface area contributed by atoms with E-state index < -0.39 is 0 Å². The van der Waals surface area contributed by atoms with Crippen LogP contribution in [-0.2, 0) is 9.59 Å². The molecule has 2 amide bonds. The topological polar surface area (TPSA) is 79.5 Å². The van der Waals surface area contributed by atoms with Gasteiger partial charge in [0, 0.05) is 12.5 Å². The highest BCUT2D eigenvalue weighted by atomic mass is 35.5. The Morgan fingerprint density at radius 2 is 1.93 bits per heavy atom. The highest BCUT2D eigenvalue weighted by molar-refractivity contribution is 5.85. The van der Waals surface area contributed by atoms with Gasteiger partial charge < -0.3 is 20.7 Å². The van der Waals surface area contributed by atoms with Gasteiger partial charge in [-0.2, -0.15) is 0 Å². The predicted molar refractivity (Wildman–Crippen MR) is 107 cm³/mol. The number of hydrogen-bond acceptors (Lipinski definition) is 4. The molecule has 1 aliphatic carbocycles. The molecule has 1 aromatic carbocycles. The van der Waals surface area contributed by atoms with Crippen molar-refractivity contribution in [1.29, 1.82) is 0 Å². The first-order valence-corrected chi connectivity index (χ1v) is 9.62. The average Bonchev–Trinajstić information content (AvgIpc) is 3.29. The fourth-order valence-corrected chi connectivity index (χ4v) is 3.19. The zero-order valence-electron chi connectivity index (χ0n) is 15.8. The van der Waals surface area contributed by atoms with Gasteiger partial charge in [0.2, 0.25) is 5.91 Å². The second-order valence-corrected chi connectivity index (χ2v) is 7.39. The molecule has 2 unspecified atom stereocenters. The SMILES string of the molecule is CC(NC(=O)CCC1CCNC1)c1ccc(OCC(=O)NC2CC2)cc1.Cl. The minimum Gasteiger partial charge on any atom is -0.484 e. The van der Waals surface area contributed by atoms with E-state index in [1.165, 1.54) is 6.42 Å². The molecular weight excluding hydrogens is 366 g/mol. The van der Waals surface area contributed by atoms with Crippen molar-refractivity contribution in [3.05, 3.63) is 29.8 Å². The number of amides is 2. The highest BCUT2D eigenvalue weighted by Gasteiger charge is 2.23. The minimum absolute atomic E-state index is 0.